The van der Waals surface area contributed by atoms with Crippen LogP contribution in [-0.2, 0) is 0 Å². The minimum Gasteiger partial charge on any atom is -0.455 e. The fraction of sp³-hybridized carbons (Fsp3) is 0.258. The maximum atomic E-state index is 6.42. The highest BCUT2D eigenvalue weighted by atomic mass is 16.3. The molecule has 0 amide bonds. The number of hydrogen-bond acceptors (Lipinski definition) is 2. The highest BCUT2D eigenvalue weighted by molar-refractivity contribution is 6.30. The van der Waals surface area contributed by atoms with Crippen molar-refractivity contribution >= 4 is 44.1 Å². The van der Waals surface area contributed by atoms with E-state index in [1.807, 2.05) is 6.07 Å². The molecule has 2 heteroatoms. The van der Waals surface area contributed by atoms with Crippen LogP contribution in [0.5, 0.6) is 0 Å². The van der Waals surface area contributed by atoms with Crippen molar-refractivity contribution in [1.82, 2.24) is 0 Å². The van der Waals surface area contributed by atoms with Crippen LogP contribution >= 0.6 is 0 Å². The van der Waals surface area contributed by atoms with Crippen LogP contribution in [0.3, 0.4) is 0 Å². The molecule has 0 bridgehead atoms. The van der Waals surface area contributed by atoms with Gasteiger partial charge in [0.15, 0.2) is 0 Å². The van der Waals surface area contributed by atoms with Gasteiger partial charge in [-0.15, -0.1) is 0 Å². The number of hydrogen-bond donors (Lipinski definition) is 0. The SMILES string of the molecule is Cc1cc(C2=Nc3cccc4cc(C5CCC(C)(C)C5)cc2c34)c2oc3ccccc3c2c1. The van der Waals surface area contributed by atoms with Crippen LogP contribution in [0.1, 0.15) is 61.3 Å². The molecule has 0 N–H and O–H groups in total. The minimum absolute atomic E-state index is 0.426. The third-order valence-electron chi connectivity index (χ3n) is 7.78. The summed E-state index contributed by atoms with van der Waals surface area (Å²) in [7, 11) is 0. The summed E-state index contributed by atoms with van der Waals surface area (Å²) >= 11 is 0. The second-order valence-corrected chi connectivity index (χ2v) is 10.8. The maximum Gasteiger partial charge on any atom is 0.144 e. The molecule has 1 unspecified atom stereocenters. The number of rotatable bonds is 2. The summed E-state index contributed by atoms with van der Waals surface area (Å²) in [4.78, 5) is 5.18. The van der Waals surface area contributed by atoms with Gasteiger partial charge >= 0.3 is 0 Å². The number of para-hydroxylation sites is 1. The summed E-state index contributed by atoms with van der Waals surface area (Å²) in [5, 5.41) is 4.92. The number of furan rings is 1. The summed E-state index contributed by atoms with van der Waals surface area (Å²) in [5.41, 5.74) is 9.47. The zero-order valence-corrected chi connectivity index (χ0v) is 19.4. The first-order valence-electron chi connectivity index (χ1n) is 12.0. The Morgan fingerprint density at radius 3 is 2.64 bits per heavy atom. The van der Waals surface area contributed by atoms with Gasteiger partial charge in [-0.05, 0) is 84.4 Å². The molecule has 1 saturated carbocycles. The van der Waals surface area contributed by atoms with E-state index in [0.29, 0.717) is 11.3 Å². The van der Waals surface area contributed by atoms with Crippen molar-refractivity contribution in [3.8, 4) is 0 Å². The molecule has 1 aromatic heterocycles. The Kier molecular flexibility index (Phi) is 3.81. The summed E-state index contributed by atoms with van der Waals surface area (Å²) in [6.45, 7) is 6.98. The van der Waals surface area contributed by atoms with Crippen molar-refractivity contribution in [3.05, 3.63) is 89.0 Å². The molecule has 1 fully saturated rings. The quantitative estimate of drug-likeness (QED) is 0.270. The number of fused-ring (bicyclic) bond motifs is 3. The van der Waals surface area contributed by atoms with Crippen LogP contribution in [0.4, 0.5) is 5.69 Å². The number of aliphatic imine (C=N–C) groups is 1. The molecular weight excluding hydrogens is 402 g/mol. The van der Waals surface area contributed by atoms with E-state index >= 15 is 0 Å². The first kappa shape index (κ1) is 19.1. The van der Waals surface area contributed by atoms with Gasteiger partial charge in [-0.25, -0.2) is 4.99 Å². The molecular formula is C31H27NO. The lowest BCUT2D eigenvalue weighted by Crippen LogP contribution is -2.06. The Balaban J connectivity index is 1.48. The van der Waals surface area contributed by atoms with Gasteiger partial charge in [0, 0.05) is 27.3 Å². The molecule has 1 aliphatic carbocycles. The Morgan fingerprint density at radius 1 is 0.909 bits per heavy atom. The lowest BCUT2D eigenvalue weighted by molar-refractivity contribution is 0.376. The van der Waals surface area contributed by atoms with Crippen molar-refractivity contribution in [2.45, 2.75) is 46.0 Å². The monoisotopic (exact) mass is 429 g/mol. The van der Waals surface area contributed by atoms with Gasteiger partial charge in [-0.1, -0.05) is 50.2 Å². The van der Waals surface area contributed by atoms with Gasteiger partial charge in [-0.3, -0.25) is 0 Å². The van der Waals surface area contributed by atoms with E-state index in [1.54, 1.807) is 0 Å². The minimum atomic E-state index is 0.426. The number of aryl methyl sites for hydroxylation is 1. The Hall–Kier alpha value is -3.39. The highest BCUT2D eigenvalue weighted by Crippen LogP contribution is 2.48. The number of benzene rings is 4. The normalized spacial score (nSPS) is 19.1. The average molecular weight is 430 g/mol. The van der Waals surface area contributed by atoms with E-state index in [4.69, 9.17) is 9.41 Å². The van der Waals surface area contributed by atoms with E-state index in [0.717, 1.165) is 28.1 Å². The zero-order chi connectivity index (χ0) is 22.3. The number of nitrogens with zero attached hydrogens (tertiary/aromatic N) is 1. The van der Waals surface area contributed by atoms with Crippen LogP contribution in [0.25, 0.3) is 32.7 Å². The summed E-state index contributed by atoms with van der Waals surface area (Å²) in [5.74, 6) is 0.620. The van der Waals surface area contributed by atoms with Crippen LogP contribution in [0.15, 0.2) is 76.1 Å². The summed E-state index contributed by atoms with van der Waals surface area (Å²) in [6.07, 6.45) is 3.81. The molecule has 33 heavy (non-hydrogen) atoms. The van der Waals surface area contributed by atoms with Crippen molar-refractivity contribution < 1.29 is 4.42 Å². The Bertz CT molecular complexity index is 1630. The van der Waals surface area contributed by atoms with Crippen molar-refractivity contribution in [1.29, 1.82) is 0 Å². The second-order valence-electron chi connectivity index (χ2n) is 10.8. The fourth-order valence-corrected chi connectivity index (χ4v) is 6.20. The van der Waals surface area contributed by atoms with Gasteiger partial charge in [0.1, 0.15) is 11.2 Å². The lowest BCUT2D eigenvalue weighted by atomic mass is 9.86. The molecule has 2 aliphatic rings. The first-order valence-corrected chi connectivity index (χ1v) is 12.0. The predicted molar refractivity (Wildman–Crippen MR) is 138 cm³/mol. The van der Waals surface area contributed by atoms with Gasteiger partial charge in [0.05, 0.1) is 11.4 Å². The van der Waals surface area contributed by atoms with Gasteiger partial charge in [0.25, 0.3) is 0 Å². The second kappa shape index (κ2) is 6.57. The topological polar surface area (TPSA) is 25.5 Å². The zero-order valence-electron chi connectivity index (χ0n) is 19.4. The Morgan fingerprint density at radius 2 is 1.79 bits per heavy atom. The Labute approximate surface area is 193 Å². The molecule has 0 saturated heterocycles. The molecule has 4 aromatic carbocycles. The molecule has 0 spiro atoms. The largest absolute Gasteiger partial charge is 0.455 e. The van der Waals surface area contributed by atoms with E-state index < -0.39 is 0 Å². The molecule has 162 valence electrons. The van der Waals surface area contributed by atoms with E-state index in [1.165, 1.54) is 57.5 Å². The fourth-order valence-electron chi connectivity index (χ4n) is 6.20. The average Bonchev–Trinajstić information content (AvgIpc) is 3.47. The summed E-state index contributed by atoms with van der Waals surface area (Å²) < 4.78 is 6.42. The molecule has 7 rings (SSSR count). The molecule has 2 heterocycles. The van der Waals surface area contributed by atoms with Crippen molar-refractivity contribution in [2.24, 2.45) is 10.4 Å². The highest BCUT2D eigenvalue weighted by Gasteiger charge is 2.33. The standard InChI is InChI=1S/C31H27NO/c1-18-13-23-22-8-4-5-10-27(22)33-30(23)25(14-18)29-24-16-21(20-11-12-31(2,3)17-20)15-19-7-6-9-26(32-29)28(19)24/h4-10,13-16,20H,11-12,17H2,1-3H3. The van der Waals surface area contributed by atoms with Crippen molar-refractivity contribution in [2.75, 3.05) is 0 Å². The maximum absolute atomic E-state index is 6.42. The van der Waals surface area contributed by atoms with E-state index in [9.17, 15) is 0 Å². The molecule has 1 atom stereocenters. The molecule has 1 aliphatic heterocycles. The summed E-state index contributed by atoms with van der Waals surface area (Å²) in [6, 6.07) is 24.2. The van der Waals surface area contributed by atoms with E-state index in [2.05, 4.69) is 81.4 Å². The van der Waals surface area contributed by atoms with Gasteiger partial charge in [0.2, 0.25) is 0 Å². The lowest BCUT2D eigenvalue weighted by Gasteiger charge is -2.18. The van der Waals surface area contributed by atoms with Gasteiger partial charge in [-0.2, -0.15) is 0 Å². The third-order valence-corrected chi connectivity index (χ3v) is 7.78. The first-order chi connectivity index (χ1) is 16.0. The van der Waals surface area contributed by atoms with Gasteiger partial charge < -0.3 is 4.42 Å². The molecule has 5 aromatic rings. The predicted octanol–water partition coefficient (Wildman–Crippen LogP) is 8.82. The van der Waals surface area contributed by atoms with E-state index in [-0.39, 0.29) is 0 Å². The molecule has 2 nitrogen and oxygen atoms in total. The smallest absolute Gasteiger partial charge is 0.144 e. The third kappa shape index (κ3) is 2.83. The molecule has 0 radical (unpaired) electrons. The van der Waals surface area contributed by atoms with Crippen molar-refractivity contribution in [3.63, 3.8) is 0 Å². The van der Waals surface area contributed by atoms with Crippen LogP contribution in [0.2, 0.25) is 0 Å². The van der Waals surface area contributed by atoms with Crippen LogP contribution in [-0.4, -0.2) is 5.71 Å². The van der Waals surface area contributed by atoms with Crippen LogP contribution in [0, 0.1) is 12.3 Å². The van der Waals surface area contributed by atoms with Crippen LogP contribution < -0.4 is 0 Å².